The molecule has 3 nitrogen and oxygen atoms in total. The smallest absolute Gasteiger partial charge is 0.264 e. The SMILES string of the molecule is O=c1[nH]c(C2CC3CCC2C3)nc(-c2ccccc2)c1I. The number of hydrogen-bond donors (Lipinski definition) is 1. The van der Waals surface area contributed by atoms with Gasteiger partial charge in [-0.3, -0.25) is 4.79 Å². The standard InChI is InChI=1S/C17H17IN2O/c18-14-15(11-4-2-1-3-5-11)19-16(20-17(14)21)13-9-10-6-7-12(13)8-10/h1-5,10,12-13H,6-9H2,(H,19,20,21). The quantitative estimate of drug-likeness (QED) is 0.787. The lowest BCUT2D eigenvalue weighted by atomic mass is 9.88. The zero-order valence-corrected chi connectivity index (χ0v) is 13.8. The number of halogens is 1. The predicted molar refractivity (Wildman–Crippen MR) is 91.2 cm³/mol. The third-order valence-electron chi connectivity index (χ3n) is 5.02. The first-order valence-electron chi connectivity index (χ1n) is 7.57. The highest BCUT2D eigenvalue weighted by molar-refractivity contribution is 14.1. The van der Waals surface area contributed by atoms with E-state index in [1.807, 2.05) is 30.3 Å². The van der Waals surface area contributed by atoms with E-state index in [9.17, 15) is 4.79 Å². The van der Waals surface area contributed by atoms with Crippen LogP contribution in [0.1, 0.15) is 37.4 Å². The molecule has 1 aromatic carbocycles. The molecule has 0 radical (unpaired) electrons. The summed E-state index contributed by atoms with van der Waals surface area (Å²) in [4.78, 5) is 20.2. The largest absolute Gasteiger partial charge is 0.309 e. The zero-order valence-electron chi connectivity index (χ0n) is 11.7. The first-order valence-corrected chi connectivity index (χ1v) is 8.65. The lowest BCUT2D eigenvalue weighted by Gasteiger charge is -2.21. The highest BCUT2D eigenvalue weighted by atomic mass is 127. The van der Waals surface area contributed by atoms with Crippen LogP contribution in [0.15, 0.2) is 35.1 Å². The van der Waals surface area contributed by atoms with Crippen LogP contribution < -0.4 is 5.56 Å². The van der Waals surface area contributed by atoms with Crippen LogP contribution in [0.4, 0.5) is 0 Å². The highest BCUT2D eigenvalue weighted by Gasteiger charge is 2.41. The summed E-state index contributed by atoms with van der Waals surface area (Å²) >= 11 is 2.11. The molecule has 2 aromatic rings. The Morgan fingerprint density at radius 1 is 1.14 bits per heavy atom. The maximum Gasteiger partial charge on any atom is 0.264 e. The summed E-state index contributed by atoms with van der Waals surface area (Å²) in [5.41, 5.74) is 1.86. The Hall–Kier alpha value is -1.17. The third kappa shape index (κ3) is 2.33. The van der Waals surface area contributed by atoms with Gasteiger partial charge in [-0.15, -0.1) is 0 Å². The Morgan fingerprint density at radius 2 is 1.95 bits per heavy atom. The molecule has 2 aliphatic rings. The van der Waals surface area contributed by atoms with E-state index in [-0.39, 0.29) is 5.56 Å². The first kappa shape index (κ1) is 13.5. The van der Waals surface area contributed by atoms with Gasteiger partial charge in [0.25, 0.3) is 5.56 Å². The van der Waals surface area contributed by atoms with Crippen LogP contribution >= 0.6 is 22.6 Å². The fourth-order valence-electron chi connectivity index (χ4n) is 4.02. The summed E-state index contributed by atoms with van der Waals surface area (Å²) in [5.74, 6) is 2.94. The van der Waals surface area contributed by atoms with Gasteiger partial charge in [-0.1, -0.05) is 36.8 Å². The Bertz CT molecular complexity index is 725. The fourth-order valence-corrected chi connectivity index (χ4v) is 4.59. The Morgan fingerprint density at radius 3 is 2.62 bits per heavy atom. The summed E-state index contributed by atoms with van der Waals surface area (Å²) in [6.45, 7) is 0. The van der Waals surface area contributed by atoms with E-state index >= 15 is 0 Å². The second kappa shape index (κ2) is 5.23. The molecular weight excluding hydrogens is 375 g/mol. The minimum absolute atomic E-state index is 0.00206. The normalized spacial score (nSPS) is 27.2. The van der Waals surface area contributed by atoms with E-state index < -0.39 is 0 Å². The number of fused-ring (bicyclic) bond motifs is 2. The van der Waals surface area contributed by atoms with Crippen molar-refractivity contribution < 1.29 is 0 Å². The summed E-state index contributed by atoms with van der Waals surface area (Å²) in [7, 11) is 0. The molecule has 1 aromatic heterocycles. The maximum atomic E-state index is 12.3. The van der Waals surface area contributed by atoms with E-state index in [1.165, 1.54) is 25.7 Å². The molecule has 4 rings (SSSR count). The molecule has 0 amide bonds. The molecule has 2 bridgehead atoms. The zero-order chi connectivity index (χ0) is 14.4. The van der Waals surface area contributed by atoms with Crippen LogP contribution in [-0.2, 0) is 0 Å². The minimum atomic E-state index is 0.00206. The Kier molecular flexibility index (Phi) is 3.36. The minimum Gasteiger partial charge on any atom is -0.309 e. The van der Waals surface area contributed by atoms with Gasteiger partial charge in [0.15, 0.2) is 0 Å². The number of hydrogen-bond acceptors (Lipinski definition) is 2. The van der Waals surface area contributed by atoms with Gasteiger partial charge < -0.3 is 4.98 Å². The van der Waals surface area contributed by atoms with Crippen molar-refractivity contribution in [3.8, 4) is 11.3 Å². The molecule has 0 saturated heterocycles. The van der Waals surface area contributed by atoms with E-state index in [2.05, 4.69) is 27.6 Å². The average Bonchev–Trinajstić information content (AvgIpc) is 3.13. The van der Waals surface area contributed by atoms with Crippen molar-refractivity contribution in [3.63, 3.8) is 0 Å². The molecule has 1 N–H and O–H groups in total. The number of nitrogens with zero attached hydrogens (tertiary/aromatic N) is 1. The Balaban J connectivity index is 1.80. The second-order valence-corrected chi connectivity index (χ2v) is 7.34. The number of aromatic nitrogens is 2. The van der Waals surface area contributed by atoms with Crippen molar-refractivity contribution in [2.75, 3.05) is 0 Å². The Labute approximate surface area is 137 Å². The van der Waals surface area contributed by atoms with Gasteiger partial charge in [0, 0.05) is 11.5 Å². The van der Waals surface area contributed by atoms with Crippen molar-refractivity contribution >= 4 is 22.6 Å². The van der Waals surface area contributed by atoms with Gasteiger partial charge >= 0.3 is 0 Å². The molecule has 0 spiro atoms. The molecule has 3 atom stereocenters. The van der Waals surface area contributed by atoms with Crippen LogP contribution in [0, 0.1) is 15.4 Å². The summed E-state index contributed by atoms with van der Waals surface area (Å²) in [6.07, 6.45) is 5.18. The van der Waals surface area contributed by atoms with Gasteiger partial charge in [-0.2, -0.15) is 0 Å². The van der Waals surface area contributed by atoms with Crippen molar-refractivity contribution in [1.29, 1.82) is 0 Å². The maximum absolute atomic E-state index is 12.3. The number of rotatable bonds is 2. The molecule has 21 heavy (non-hydrogen) atoms. The van der Waals surface area contributed by atoms with Crippen LogP contribution in [0.25, 0.3) is 11.3 Å². The molecular formula is C17H17IN2O. The molecule has 2 aliphatic carbocycles. The van der Waals surface area contributed by atoms with Crippen LogP contribution in [0.3, 0.4) is 0 Å². The van der Waals surface area contributed by atoms with Crippen molar-refractivity contribution in [1.82, 2.24) is 9.97 Å². The van der Waals surface area contributed by atoms with E-state index in [4.69, 9.17) is 4.98 Å². The summed E-state index contributed by atoms with van der Waals surface area (Å²) in [5, 5.41) is 0. The second-order valence-electron chi connectivity index (χ2n) is 6.26. The van der Waals surface area contributed by atoms with Crippen molar-refractivity contribution in [3.05, 3.63) is 50.1 Å². The molecule has 3 unspecified atom stereocenters. The molecule has 4 heteroatoms. The molecule has 2 fully saturated rings. The van der Waals surface area contributed by atoms with E-state index in [0.29, 0.717) is 9.49 Å². The van der Waals surface area contributed by atoms with Crippen LogP contribution in [-0.4, -0.2) is 9.97 Å². The van der Waals surface area contributed by atoms with Gasteiger partial charge in [0.2, 0.25) is 0 Å². The van der Waals surface area contributed by atoms with E-state index in [0.717, 1.165) is 28.9 Å². The van der Waals surface area contributed by atoms with Crippen molar-refractivity contribution in [2.45, 2.75) is 31.6 Å². The molecule has 108 valence electrons. The van der Waals surface area contributed by atoms with Gasteiger partial charge in [-0.05, 0) is 53.7 Å². The fraction of sp³-hybridized carbons (Fsp3) is 0.412. The molecule has 2 saturated carbocycles. The van der Waals surface area contributed by atoms with Gasteiger partial charge in [-0.25, -0.2) is 4.98 Å². The monoisotopic (exact) mass is 392 g/mol. The lowest BCUT2D eigenvalue weighted by molar-refractivity contribution is 0.404. The number of benzene rings is 1. The van der Waals surface area contributed by atoms with Crippen molar-refractivity contribution in [2.24, 2.45) is 11.8 Å². The van der Waals surface area contributed by atoms with Gasteiger partial charge in [0.1, 0.15) is 9.39 Å². The topological polar surface area (TPSA) is 45.8 Å². The third-order valence-corrected chi connectivity index (χ3v) is 6.02. The van der Waals surface area contributed by atoms with E-state index in [1.54, 1.807) is 0 Å². The molecule has 1 heterocycles. The predicted octanol–water partition coefficient (Wildman–Crippen LogP) is 3.95. The van der Waals surface area contributed by atoms with Gasteiger partial charge in [0.05, 0.1) is 5.69 Å². The summed E-state index contributed by atoms with van der Waals surface area (Å²) < 4.78 is 0.686. The lowest BCUT2D eigenvalue weighted by Crippen LogP contribution is -2.21. The number of aromatic amines is 1. The molecule has 0 aliphatic heterocycles. The number of H-pyrrole nitrogens is 1. The van der Waals surface area contributed by atoms with Crippen LogP contribution in [0.2, 0.25) is 0 Å². The highest BCUT2D eigenvalue weighted by Crippen LogP contribution is 2.52. The number of nitrogens with one attached hydrogen (secondary N) is 1. The first-order chi connectivity index (χ1) is 10.2. The summed E-state index contributed by atoms with van der Waals surface area (Å²) in [6, 6.07) is 10.0. The van der Waals surface area contributed by atoms with Crippen LogP contribution in [0.5, 0.6) is 0 Å². The average molecular weight is 392 g/mol.